The molecule has 0 aliphatic heterocycles. The lowest BCUT2D eigenvalue weighted by Gasteiger charge is -2.13. The van der Waals surface area contributed by atoms with E-state index in [1.165, 1.54) is 5.56 Å². The van der Waals surface area contributed by atoms with Crippen LogP contribution < -0.4 is 5.32 Å². The number of rotatable bonds is 2. The first-order valence-electron chi connectivity index (χ1n) is 5.32. The molecule has 0 bridgehead atoms. The molecule has 1 heterocycles. The van der Waals surface area contributed by atoms with Crippen molar-refractivity contribution in [2.75, 3.05) is 5.32 Å². The maximum absolute atomic E-state index is 6.15. The summed E-state index contributed by atoms with van der Waals surface area (Å²) in [5.74, 6) is 0.646. The van der Waals surface area contributed by atoms with Gasteiger partial charge in [0.2, 0.25) is 0 Å². The van der Waals surface area contributed by atoms with Gasteiger partial charge in [-0.3, -0.25) is 0 Å². The van der Waals surface area contributed by atoms with Gasteiger partial charge in [0.15, 0.2) is 0 Å². The average molecular weight is 391 g/mol. The highest BCUT2D eigenvalue weighted by Crippen LogP contribution is 2.32. The molecule has 1 N–H and O–H groups in total. The zero-order chi connectivity index (χ0) is 13.3. The van der Waals surface area contributed by atoms with Crippen molar-refractivity contribution in [3.8, 4) is 0 Å². The van der Waals surface area contributed by atoms with Gasteiger partial charge in [0.25, 0.3) is 0 Å². The van der Waals surface area contributed by atoms with Crippen LogP contribution in [0.5, 0.6) is 0 Å². The largest absolute Gasteiger partial charge is 0.338 e. The van der Waals surface area contributed by atoms with Crippen LogP contribution in [0.2, 0.25) is 5.02 Å². The number of benzene rings is 1. The molecule has 2 rings (SSSR count). The van der Waals surface area contributed by atoms with Gasteiger partial charge in [-0.15, -0.1) is 0 Å². The van der Waals surface area contributed by atoms with E-state index < -0.39 is 0 Å². The number of halogens is 3. The molecule has 2 aromatic rings. The summed E-state index contributed by atoms with van der Waals surface area (Å²) in [4.78, 5) is 4.27. The van der Waals surface area contributed by atoms with E-state index >= 15 is 0 Å². The zero-order valence-electron chi connectivity index (χ0n) is 9.89. The molecule has 0 aliphatic carbocycles. The van der Waals surface area contributed by atoms with Crippen LogP contribution in [-0.4, -0.2) is 4.98 Å². The maximum atomic E-state index is 6.15. The van der Waals surface area contributed by atoms with E-state index in [-0.39, 0.29) is 0 Å². The lowest BCUT2D eigenvalue weighted by molar-refractivity contribution is 1.27. The molecule has 0 atom stereocenters. The van der Waals surface area contributed by atoms with E-state index in [9.17, 15) is 0 Å². The van der Waals surface area contributed by atoms with Crippen LogP contribution >= 0.6 is 43.5 Å². The van der Waals surface area contributed by atoms with Crippen LogP contribution in [0, 0.1) is 13.8 Å². The topological polar surface area (TPSA) is 24.9 Å². The Hall–Kier alpha value is -0.580. The van der Waals surface area contributed by atoms with Crippen molar-refractivity contribution < 1.29 is 0 Å². The molecule has 0 unspecified atom stereocenters. The lowest BCUT2D eigenvalue weighted by Crippen LogP contribution is -1.98. The van der Waals surface area contributed by atoms with Gasteiger partial charge in [-0.25, -0.2) is 4.98 Å². The second kappa shape index (κ2) is 5.59. The normalized spacial score (nSPS) is 10.5. The van der Waals surface area contributed by atoms with Crippen LogP contribution in [0.4, 0.5) is 11.5 Å². The van der Waals surface area contributed by atoms with Gasteiger partial charge >= 0.3 is 0 Å². The minimum Gasteiger partial charge on any atom is -0.338 e. The molecule has 0 aliphatic rings. The Labute approximate surface area is 128 Å². The van der Waals surface area contributed by atoms with Crippen LogP contribution in [0.15, 0.2) is 33.3 Å². The van der Waals surface area contributed by atoms with Crippen LogP contribution in [0.25, 0.3) is 0 Å². The molecule has 2 nitrogen and oxygen atoms in total. The smallest absolute Gasteiger partial charge is 0.149 e. The number of hydrogen-bond acceptors (Lipinski definition) is 2. The van der Waals surface area contributed by atoms with Gasteiger partial charge in [0.05, 0.1) is 10.7 Å². The number of pyridine rings is 1. The molecule has 94 valence electrons. The van der Waals surface area contributed by atoms with Crippen molar-refractivity contribution in [1.82, 2.24) is 4.98 Å². The van der Waals surface area contributed by atoms with Gasteiger partial charge in [-0.05, 0) is 69.0 Å². The Morgan fingerprint density at radius 3 is 2.50 bits per heavy atom. The maximum Gasteiger partial charge on any atom is 0.149 e. The lowest BCUT2D eigenvalue weighted by atomic mass is 10.1. The van der Waals surface area contributed by atoms with Crippen LogP contribution in [-0.2, 0) is 0 Å². The summed E-state index contributed by atoms with van der Waals surface area (Å²) >= 11 is 13.0. The molecule has 0 fully saturated rings. The number of anilines is 2. The van der Waals surface area contributed by atoms with Crippen molar-refractivity contribution >= 4 is 55.0 Å². The summed E-state index contributed by atoms with van der Waals surface area (Å²) in [6, 6.07) is 5.98. The van der Waals surface area contributed by atoms with Crippen molar-refractivity contribution in [3.05, 3.63) is 49.5 Å². The minimum absolute atomic E-state index is 0.580. The van der Waals surface area contributed by atoms with E-state index in [0.29, 0.717) is 10.8 Å². The third-order valence-electron chi connectivity index (χ3n) is 2.48. The standard InChI is InChI=1S/C13H11Br2ClN2/c1-7-3-8(2)12(10(15)4-7)18-13-11(16)5-9(14)6-17-13/h3-6H,1-2H3,(H,17,18). The third-order valence-corrected chi connectivity index (χ3v) is 3.83. The van der Waals surface area contributed by atoms with Gasteiger partial charge in [-0.2, -0.15) is 0 Å². The molecule has 0 saturated carbocycles. The fourth-order valence-corrected chi connectivity index (χ4v) is 3.15. The van der Waals surface area contributed by atoms with Crippen molar-refractivity contribution in [3.63, 3.8) is 0 Å². The summed E-state index contributed by atoms with van der Waals surface area (Å²) in [6.45, 7) is 4.11. The number of aromatic nitrogens is 1. The molecule has 0 amide bonds. The Morgan fingerprint density at radius 1 is 1.17 bits per heavy atom. The van der Waals surface area contributed by atoms with E-state index in [0.717, 1.165) is 20.2 Å². The molecule has 0 spiro atoms. The summed E-state index contributed by atoms with van der Waals surface area (Å²) in [5, 5.41) is 3.83. The van der Waals surface area contributed by atoms with Crippen molar-refractivity contribution in [2.45, 2.75) is 13.8 Å². The molecular weight excluding hydrogens is 379 g/mol. The fraction of sp³-hybridized carbons (Fsp3) is 0.154. The monoisotopic (exact) mass is 388 g/mol. The first kappa shape index (κ1) is 13.8. The molecule has 1 aromatic heterocycles. The first-order chi connectivity index (χ1) is 8.47. The summed E-state index contributed by atoms with van der Waals surface area (Å²) < 4.78 is 1.86. The van der Waals surface area contributed by atoms with Crippen molar-refractivity contribution in [2.24, 2.45) is 0 Å². The second-order valence-electron chi connectivity index (χ2n) is 4.05. The molecular formula is C13H11Br2ClN2. The quantitative estimate of drug-likeness (QED) is 0.720. The fourth-order valence-electron chi connectivity index (χ4n) is 1.70. The van der Waals surface area contributed by atoms with E-state index in [4.69, 9.17) is 11.6 Å². The highest BCUT2D eigenvalue weighted by atomic mass is 79.9. The number of nitrogens with one attached hydrogen (secondary N) is 1. The highest BCUT2D eigenvalue weighted by Gasteiger charge is 2.08. The summed E-state index contributed by atoms with van der Waals surface area (Å²) in [6.07, 6.45) is 1.71. The van der Waals surface area contributed by atoms with Gasteiger partial charge in [0.1, 0.15) is 5.82 Å². The molecule has 18 heavy (non-hydrogen) atoms. The van der Waals surface area contributed by atoms with E-state index in [1.807, 2.05) is 13.0 Å². The number of aryl methyl sites for hydroxylation is 2. The second-order valence-corrected chi connectivity index (χ2v) is 6.22. The molecule has 1 aromatic carbocycles. The number of hydrogen-bond donors (Lipinski definition) is 1. The molecule has 0 saturated heterocycles. The molecule has 0 radical (unpaired) electrons. The zero-order valence-corrected chi connectivity index (χ0v) is 13.8. The first-order valence-corrected chi connectivity index (χ1v) is 7.28. The van der Waals surface area contributed by atoms with Crippen LogP contribution in [0.1, 0.15) is 11.1 Å². The average Bonchev–Trinajstić information content (AvgIpc) is 2.25. The van der Waals surface area contributed by atoms with Crippen LogP contribution in [0.3, 0.4) is 0 Å². The Morgan fingerprint density at radius 2 is 1.89 bits per heavy atom. The highest BCUT2D eigenvalue weighted by molar-refractivity contribution is 9.10. The summed E-state index contributed by atoms with van der Waals surface area (Å²) in [7, 11) is 0. The number of nitrogens with zero attached hydrogens (tertiary/aromatic N) is 1. The minimum atomic E-state index is 0.580. The SMILES string of the molecule is Cc1cc(C)c(Nc2ncc(Br)cc2Cl)c(Br)c1. The van der Waals surface area contributed by atoms with Gasteiger partial charge < -0.3 is 5.32 Å². The Bertz CT molecular complexity index is 577. The van der Waals surface area contributed by atoms with Gasteiger partial charge in [-0.1, -0.05) is 17.7 Å². The Balaban J connectivity index is 2.40. The molecule has 5 heteroatoms. The Kier molecular flexibility index (Phi) is 4.30. The van der Waals surface area contributed by atoms with Crippen molar-refractivity contribution in [1.29, 1.82) is 0 Å². The third kappa shape index (κ3) is 3.05. The van der Waals surface area contributed by atoms with E-state index in [1.54, 1.807) is 6.20 Å². The predicted octanol–water partition coefficient (Wildman–Crippen LogP) is 5.62. The van der Waals surface area contributed by atoms with Gasteiger partial charge in [0, 0.05) is 15.1 Å². The summed E-state index contributed by atoms with van der Waals surface area (Å²) in [5.41, 5.74) is 3.33. The van der Waals surface area contributed by atoms with E-state index in [2.05, 4.69) is 61.2 Å². The predicted molar refractivity (Wildman–Crippen MR) is 83.8 cm³/mol.